The fourth-order valence-corrected chi connectivity index (χ4v) is 3.11. The zero-order valence-electron chi connectivity index (χ0n) is 11.9. The standard InChI is InChI=1S/C15H31NO/c1-12(2)9-14(7-8-17)11-16-15-6-4-5-13(3)10-15/h12-17H,4-11H2,1-3H3. The quantitative estimate of drug-likeness (QED) is 0.717. The van der Waals surface area contributed by atoms with Crippen LogP contribution in [0.1, 0.15) is 59.3 Å². The van der Waals surface area contributed by atoms with E-state index in [0.29, 0.717) is 12.5 Å². The summed E-state index contributed by atoms with van der Waals surface area (Å²) in [4.78, 5) is 0. The van der Waals surface area contributed by atoms with Crippen LogP contribution in [-0.2, 0) is 0 Å². The molecule has 0 heterocycles. The van der Waals surface area contributed by atoms with Crippen LogP contribution in [-0.4, -0.2) is 24.3 Å². The van der Waals surface area contributed by atoms with Crippen LogP contribution < -0.4 is 5.32 Å². The van der Waals surface area contributed by atoms with Gasteiger partial charge in [-0.25, -0.2) is 0 Å². The number of nitrogens with one attached hydrogen (secondary N) is 1. The lowest BCUT2D eigenvalue weighted by atomic mass is 9.86. The molecule has 2 nitrogen and oxygen atoms in total. The molecule has 0 saturated heterocycles. The maximum absolute atomic E-state index is 9.10. The van der Waals surface area contributed by atoms with Crippen molar-refractivity contribution in [3.63, 3.8) is 0 Å². The maximum atomic E-state index is 9.10. The molecule has 0 aliphatic heterocycles. The average Bonchev–Trinajstić information content (AvgIpc) is 2.26. The number of aliphatic hydroxyl groups excluding tert-OH is 1. The van der Waals surface area contributed by atoms with Gasteiger partial charge in [0.1, 0.15) is 0 Å². The molecule has 0 aromatic rings. The van der Waals surface area contributed by atoms with Crippen LogP contribution >= 0.6 is 0 Å². The van der Waals surface area contributed by atoms with Gasteiger partial charge in [-0.15, -0.1) is 0 Å². The largest absolute Gasteiger partial charge is 0.396 e. The monoisotopic (exact) mass is 241 g/mol. The van der Waals surface area contributed by atoms with Gasteiger partial charge in [-0.2, -0.15) is 0 Å². The minimum atomic E-state index is 0.333. The summed E-state index contributed by atoms with van der Waals surface area (Å²) in [6.07, 6.45) is 7.66. The predicted octanol–water partition coefficient (Wildman–Crippen LogP) is 3.20. The molecule has 17 heavy (non-hydrogen) atoms. The van der Waals surface area contributed by atoms with Crippen molar-refractivity contribution in [1.29, 1.82) is 0 Å². The fourth-order valence-electron chi connectivity index (χ4n) is 3.11. The Bertz CT molecular complexity index is 193. The Morgan fingerprint density at radius 1 is 1.29 bits per heavy atom. The summed E-state index contributed by atoms with van der Waals surface area (Å²) in [6, 6.07) is 0.729. The van der Waals surface area contributed by atoms with Crippen molar-refractivity contribution in [3.8, 4) is 0 Å². The van der Waals surface area contributed by atoms with Gasteiger partial charge < -0.3 is 10.4 Å². The van der Waals surface area contributed by atoms with Gasteiger partial charge in [-0.3, -0.25) is 0 Å². The first-order chi connectivity index (χ1) is 8.11. The van der Waals surface area contributed by atoms with Crippen LogP contribution in [0.4, 0.5) is 0 Å². The minimum Gasteiger partial charge on any atom is -0.396 e. The minimum absolute atomic E-state index is 0.333. The molecule has 102 valence electrons. The molecule has 1 aliphatic rings. The summed E-state index contributed by atoms with van der Waals surface area (Å²) in [7, 11) is 0. The molecule has 0 aromatic heterocycles. The first-order valence-electron chi connectivity index (χ1n) is 7.46. The van der Waals surface area contributed by atoms with Crippen LogP contribution in [0.25, 0.3) is 0 Å². The number of hydrogen-bond donors (Lipinski definition) is 2. The molecular formula is C15H31NO. The third kappa shape index (κ3) is 6.42. The van der Waals surface area contributed by atoms with Gasteiger partial charge in [0.25, 0.3) is 0 Å². The van der Waals surface area contributed by atoms with E-state index in [1.807, 2.05) is 0 Å². The van der Waals surface area contributed by atoms with Crippen molar-refractivity contribution in [3.05, 3.63) is 0 Å². The second-order valence-corrected chi connectivity index (χ2v) is 6.38. The molecule has 3 atom stereocenters. The lowest BCUT2D eigenvalue weighted by Crippen LogP contribution is -2.37. The molecule has 1 saturated carbocycles. The molecule has 0 amide bonds. The van der Waals surface area contributed by atoms with E-state index >= 15 is 0 Å². The van der Waals surface area contributed by atoms with Crippen LogP contribution in [0.3, 0.4) is 0 Å². The SMILES string of the molecule is CC(C)CC(CCO)CNC1CCCC(C)C1. The summed E-state index contributed by atoms with van der Waals surface area (Å²) in [5.41, 5.74) is 0. The van der Waals surface area contributed by atoms with Gasteiger partial charge in [-0.05, 0) is 50.0 Å². The van der Waals surface area contributed by atoms with E-state index in [9.17, 15) is 0 Å². The molecule has 0 aromatic carbocycles. The number of hydrogen-bond acceptors (Lipinski definition) is 2. The second kappa shape index (κ2) is 8.10. The first-order valence-corrected chi connectivity index (χ1v) is 7.46. The van der Waals surface area contributed by atoms with Gasteiger partial charge in [0.05, 0.1) is 0 Å². The van der Waals surface area contributed by atoms with Crippen molar-refractivity contribution >= 4 is 0 Å². The van der Waals surface area contributed by atoms with Crippen LogP contribution in [0, 0.1) is 17.8 Å². The van der Waals surface area contributed by atoms with Gasteiger partial charge in [0, 0.05) is 12.6 Å². The highest BCUT2D eigenvalue weighted by Gasteiger charge is 2.19. The molecule has 2 heteroatoms. The zero-order chi connectivity index (χ0) is 12.7. The van der Waals surface area contributed by atoms with E-state index in [4.69, 9.17) is 5.11 Å². The summed E-state index contributed by atoms with van der Waals surface area (Å²) in [6.45, 7) is 8.34. The molecule has 3 unspecified atom stereocenters. The average molecular weight is 241 g/mol. The molecule has 0 spiro atoms. The second-order valence-electron chi connectivity index (χ2n) is 6.38. The Kier molecular flexibility index (Phi) is 7.14. The third-order valence-corrected chi connectivity index (χ3v) is 3.97. The number of rotatable bonds is 7. The highest BCUT2D eigenvalue weighted by Crippen LogP contribution is 2.24. The normalized spacial score (nSPS) is 27.4. The first kappa shape index (κ1) is 15.0. The topological polar surface area (TPSA) is 32.3 Å². The van der Waals surface area contributed by atoms with Crippen molar-refractivity contribution in [2.24, 2.45) is 17.8 Å². The Morgan fingerprint density at radius 3 is 2.65 bits per heavy atom. The lowest BCUT2D eigenvalue weighted by molar-refractivity contribution is 0.226. The third-order valence-electron chi connectivity index (χ3n) is 3.97. The highest BCUT2D eigenvalue weighted by atomic mass is 16.3. The van der Waals surface area contributed by atoms with E-state index in [-0.39, 0.29) is 0 Å². The van der Waals surface area contributed by atoms with Crippen LogP contribution in [0.2, 0.25) is 0 Å². The van der Waals surface area contributed by atoms with Crippen molar-refractivity contribution in [1.82, 2.24) is 5.32 Å². The van der Waals surface area contributed by atoms with Crippen molar-refractivity contribution < 1.29 is 5.11 Å². The van der Waals surface area contributed by atoms with E-state index in [1.165, 1.54) is 32.1 Å². The molecule has 1 aliphatic carbocycles. The summed E-state index contributed by atoms with van der Waals surface area (Å²) >= 11 is 0. The van der Waals surface area contributed by atoms with Crippen molar-refractivity contribution in [2.75, 3.05) is 13.2 Å². The number of aliphatic hydroxyl groups is 1. The Hall–Kier alpha value is -0.0800. The van der Waals surface area contributed by atoms with Gasteiger partial charge in [0.2, 0.25) is 0 Å². The molecule has 0 radical (unpaired) electrons. The maximum Gasteiger partial charge on any atom is 0.0434 e. The Labute approximate surface area is 107 Å². The van der Waals surface area contributed by atoms with Crippen molar-refractivity contribution in [2.45, 2.75) is 65.3 Å². The summed E-state index contributed by atoms with van der Waals surface area (Å²) in [5.74, 6) is 2.28. The molecule has 2 N–H and O–H groups in total. The van der Waals surface area contributed by atoms with E-state index < -0.39 is 0 Å². The Balaban J connectivity index is 2.24. The fraction of sp³-hybridized carbons (Fsp3) is 1.00. The smallest absolute Gasteiger partial charge is 0.0434 e. The molecule has 0 bridgehead atoms. The summed E-state index contributed by atoms with van der Waals surface area (Å²) in [5, 5.41) is 12.8. The van der Waals surface area contributed by atoms with E-state index in [1.54, 1.807) is 0 Å². The van der Waals surface area contributed by atoms with Gasteiger partial charge in [-0.1, -0.05) is 33.6 Å². The van der Waals surface area contributed by atoms with E-state index in [0.717, 1.165) is 30.8 Å². The Morgan fingerprint density at radius 2 is 2.06 bits per heavy atom. The molecule has 1 fully saturated rings. The van der Waals surface area contributed by atoms with Crippen LogP contribution in [0.15, 0.2) is 0 Å². The zero-order valence-corrected chi connectivity index (χ0v) is 11.9. The lowest BCUT2D eigenvalue weighted by Gasteiger charge is -2.29. The van der Waals surface area contributed by atoms with Crippen LogP contribution in [0.5, 0.6) is 0 Å². The van der Waals surface area contributed by atoms with Gasteiger partial charge >= 0.3 is 0 Å². The molecule has 1 rings (SSSR count). The van der Waals surface area contributed by atoms with Gasteiger partial charge in [0.15, 0.2) is 0 Å². The predicted molar refractivity (Wildman–Crippen MR) is 74.1 cm³/mol. The molecular weight excluding hydrogens is 210 g/mol. The van der Waals surface area contributed by atoms with E-state index in [2.05, 4.69) is 26.1 Å². The summed E-state index contributed by atoms with van der Waals surface area (Å²) < 4.78 is 0. The highest BCUT2D eigenvalue weighted by molar-refractivity contribution is 4.77.